The van der Waals surface area contributed by atoms with E-state index in [0.717, 1.165) is 87.5 Å². The fourth-order valence-electron chi connectivity index (χ4n) is 7.61. The lowest BCUT2D eigenvalue weighted by atomic mass is 9.93. The number of aryl methyl sites for hydroxylation is 4. The van der Waals surface area contributed by atoms with Gasteiger partial charge in [-0.25, -0.2) is 13.8 Å². The highest BCUT2D eigenvalue weighted by atomic mass is 32.1. The number of amides is 1. The summed E-state index contributed by atoms with van der Waals surface area (Å²) >= 11 is 1.58. The van der Waals surface area contributed by atoms with Crippen LogP contribution in [0.25, 0.3) is 32.0 Å². The first-order chi connectivity index (χ1) is 24.8. The minimum absolute atomic E-state index is 0.00185. The fraction of sp³-hybridized carbons (Fsp3) is 0.308. The van der Waals surface area contributed by atoms with Crippen molar-refractivity contribution in [3.8, 4) is 27.6 Å². The fourth-order valence-corrected chi connectivity index (χ4v) is 8.82. The molecule has 12 heteroatoms. The van der Waals surface area contributed by atoms with E-state index in [1.54, 1.807) is 36.6 Å². The van der Waals surface area contributed by atoms with Crippen molar-refractivity contribution in [1.29, 1.82) is 0 Å². The quantitative estimate of drug-likeness (QED) is 0.177. The number of hydrogen-bond acceptors (Lipinski definition) is 9. The summed E-state index contributed by atoms with van der Waals surface area (Å²) in [7, 11) is 3.38. The highest BCUT2D eigenvalue weighted by Crippen LogP contribution is 2.50. The summed E-state index contributed by atoms with van der Waals surface area (Å²) in [4.78, 5) is 26.4. The molecule has 2 aliphatic heterocycles. The van der Waals surface area contributed by atoms with Gasteiger partial charge >= 0.3 is 0 Å². The molecule has 1 N–H and O–H groups in total. The highest BCUT2D eigenvalue weighted by Gasteiger charge is 2.45. The Morgan fingerprint density at radius 3 is 2.63 bits per heavy atom. The maximum Gasteiger partial charge on any atom is 0.257 e. The number of pyridine rings is 2. The third kappa shape index (κ3) is 5.90. The number of anilines is 1. The van der Waals surface area contributed by atoms with Crippen molar-refractivity contribution in [2.45, 2.75) is 57.9 Å². The average molecular weight is 707 g/mol. The zero-order valence-electron chi connectivity index (χ0n) is 28.6. The van der Waals surface area contributed by atoms with Gasteiger partial charge in [0.2, 0.25) is 11.8 Å². The summed E-state index contributed by atoms with van der Waals surface area (Å²) in [5.74, 6) is 1.51. The third-order valence-corrected chi connectivity index (χ3v) is 11.1. The Kier molecular flexibility index (Phi) is 8.71. The number of nitrogens with zero attached hydrogens (tertiary/aromatic N) is 5. The lowest BCUT2D eigenvalue weighted by Crippen LogP contribution is -2.22. The molecule has 0 bridgehead atoms. The molecule has 51 heavy (non-hydrogen) atoms. The number of carbonyl (C=O) groups excluding carboxylic acids is 1. The number of carbonyl (C=O) groups is 1. The number of thiophene rings is 1. The van der Waals surface area contributed by atoms with E-state index in [2.05, 4.69) is 26.6 Å². The molecule has 1 aliphatic carbocycles. The number of rotatable bonds is 7. The second-order valence-electron chi connectivity index (χ2n) is 13.0. The van der Waals surface area contributed by atoms with Gasteiger partial charge in [0, 0.05) is 42.7 Å². The van der Waals surface area contributed by atoms with Crippen LogP contribution in [0.4, 0.5) is 14.6 Å². The van der Waals surface area contributed by atoms with E-state index < -0.39 is 0 Å². The number of halogens is 2. The van der Waals surface area contributed by atoms with E-state index in [1.165, 1.54) is 30.9 Å². The summed E-state index contributed by atoms with van der Waals surface area (Å²) in [5, 5.41) is 12.7. The first kappa shape index (κ1) is 32.9. The van der Waals surface area contributed by atoms with Crippen molar-refractivity contribution in [2.75, 3.05) is 26.0 Å². The number of methoxy groups -OCH3 is 1. The predicted molar refractivity (Wildman–Crippen MR) is 192 cm³/mol. The predicted octanol–water partition coefficient (Wildman–Crippen LogP) is 8.30. The lowest BCUT2D eigenvalue weighted by Gasteiger charge is -2.16. The molecule has 0 saturated carbocycles. The third-order valence-electron chi connectivity index (χ3n) is 9.95. The van der Waals surface area contributed by atoms with Gasteiger partial charge in [0.1, 0.15) is 11.6 Å². The number of aromatic nitrogens is 4. The van der Waals surface area contributed by atoms with Gasteiger partial charge in [0.25, 0.3) is 5.91 Å². The minimum Gasteiger partial charge on any atom is -0.493 e. The van der Waals surface area contributed by atoms with Gasteiger partial charge in [-0.05, 0) is 91.8 Å². The van der Waals surface area contributed by atoms with Crippen molar-refractivity contribution in [2.24, 2.45) is 0 Å². The zero-order valence-corrected chi connectivity index (χ0v) is 29.4. The Morgan fingerprint density at radius 1 is 1.02 bits per heavy atom. The van der Waals surface area contributed by atoms with Gasteiger partial charge in [-0.2, -0.15) is 0 Å². The van der Waals surface area contributed by atoms with E-state index in [0.29, 0.717) is 41.5 Å². The van der Waals surface area contributed by atoms with E-state index >= 15 is 0 Å². The molecule has 1 unspecified atom stereocenters. The first-order valence-electron chi connectivity index (χ1n) is 17.2. The highest BCUT2D eigenvalue weighted by molar-refractivity contribution is 7.23. The molecule has 1 amide bonds. The van der Waals surface area contributed by atoms with Crippen molar-refractivity contribution < 1.29 is 22.7 Å². The van der Waals surface area contributed by atoms with Gasteiger partial charge in [0.15, 0.2) is 11.6 Å². The molecule has 9 rings (SSSR count). The summed E-state index contributed by atoms with van der Waals surface area (Å²) in [5.41, 5.74) is 7.04. The summed E-state index contributed by atoms with van der Waals surface area (Å²) in [6.45, 7) is 2.47. The number of hydrogen-bond donors (Lipinski definition) is 1. The standard InChI is InChI=1S/C29H25FN6O2S.C10H11FO/c1-15-34-35-28(38-15)22-19(10-7-16-5-8-18(30)9-6-16)33-25-20-4-3-13-36(20)29(37)24(25)23(22)21-14-17-11-12-32-27(31-2)26(17)39-21;1-12-10-8-4-2-3-7(8)5-6-9(10)11/h5-6,8-9,11-12,14,20H,3-4,7,10,13H2,1-2H3,(H,31,32);5-6H,2-4H2,1H3. The molecule has 1 saturated heterocycles. The van der Waals surface area contributed by atoms with Crippen LogP contribution in [0.3, 0.4) is 0 Å². The molecular formula is C39H36F2N6O3S. The zero-order chi connectivity index (χ0) is 35.2. The van der Waals surface area contributed by atoms with E-state index in [1.807, 2.05) is 24.1 Å². The van der Waals surface area contributed by atoms with Gasteiger partial charge in [-0.1, -0.05) is 18.2 Å². The van der Waals surface area contributed by atoms with Crippen molar-refractivity contribution in [3.05, 3.63) is 106 Å². The van der Waals surface area contributed by atoms with Crippen molar-refractivity contribution in [1.82, 2.24) is 25.1 Å². The monoisotopic (exact) mass is 706 g/mol. The van der Waals surface area contributed by atoms with Crippen LogP contribution in [0.2, 0.25) is 0 Å². The molecule has 3 aliphatic rings. The second-order valence-corrected chi connectivity index (χ2v) is 14.0. The SMILES string of the molecule is CNc1nccc2cc(-c3c4c(nc(CCc5ccc(F)cc5)c3-c3nnc(C)o3)C3CCCN3C4=O)sc12.COc1c(F)ccc2c1CCC2. The molecule has 260 valence electrons. The Hall–Kier alpha value is -5.23. The number of fused-ring (bicyclic) bond motifs is 5. The molecule has 6 aromatic rings. The van der Waals surface area contributed by atoms with Gasteiger partial charge in [-0.3, -0.25) is 9.78 Å². The molecule has 2 aromatic carbocycles. The topological polar surface area (TPSA) is 106 Å². The largest absolute Gasteiger partial charge is 0.493 e. The number of nitrogens with one attached hydrogen (secondary N) is 1. The van der Waals surface area contributed by atoms with Crippen molar-refractivity contribution in [3.63, 3.8) is 0 Å². The molecule has 9 nitrogen and oxygen atoms in total. The first-order valence-corrected chi connectivity index (χ1v) is 18.0. The molecule has 1 fully saturated rings. The molecule has 4 aromatic heterocycles. The van der Waals surface area contributed by atoms with Crippen LogP contribution < -0.4 is 10.1 Å². The Balaban J connectivity index is 0.000000263. The lowest BCUT2D eigenvalue weighted by molar-refractivity contribution is 0.0776. The van der Waals surface area contributed by atoms with Crippen LogP contribution in [0.15, 0.2) is 59.1 Å². The van der Waals surface area contributed by atoms with Gasteiger partial charge in [-0.15, -0.1) is 21.5 Å². The molecule has 1 atom stereocenters. The smallest absolute Gasteiger partial charge is 0.257 e. The van der Waals surface area contributed by atoms with E-state index in [4.69, 9.17) is 14.1 Å². The average Bonchev–Trinajstić information content (AvgIpc) is 3.98. The summed E-state index contributed by atoms with van der Waals surface area (Å²) in [6.07, 6.45) is 7.98. The second kappa shape index (κ2) is 13.5. The van der Waals surface area contributed by atoms with Crippen LogP contribution in [-0.4, -0.2) is 51.7 Å². The molecule has 6 heterocycles. The van der Waals surface area contributed by atoms with Crippen LogP contribution in [0, 0.1) is 18.6 Å². The van der Waals surface area contributed by atoms with Crippen molar-refractivity contribution >= 4 is 33.1 Å². The summed E-state index contributed by atoms with van der Waals surface area (Å²) < 4.78 is 38.7. The minimum atomic E-state index is -0.265. The maximum atomic E-state index is 13.9. The number of ether oxygens (including phenoxy) is 1. The Bertz CT molecular complexity index is 2290. The van der Waals surface area contributed by atoms with Gasteiger partial charge < -0.3 is 19.4 Å². The molecule has 0 radical (unpaired) electrons. The Labute approximate surface area is 297 Å². The number of benzene rings is 2. The maximum absolute atomic E-state index is 13.9. The molecule has 0 spiro atoms. The molecular weight excluding hydrogens is 671 g/mol. The normalized spacial score (nSPS) is 15.8. The summed E-state index contributed by atoms with van der Waals surface area (Å²) in [6, 6.07) is 13.9. The van der Waals surface area contributed by atoms with E-state index in [9.17, 15) is 13.6 Å². The van der Waals surface area contributed by atoms with Crippen LogP contribution >= 0.6 is 11.3 Å². The van der Waals surface area contributed by atoms with Crippen LogP contribution in [0.1, 0.15) is 69.6 Å². The van der Waals surface area contributed by atoms with Crippen LogP contribution in [-0.2, 0) is 25.7 Å². The van der Waals surface area contributed by atoms with E-state index in [-0.39, 0.29) is 23.6 Å². The Morgan fingerprint density at radius 2 is 1.86 bits per heavy atom. The van der Waals surface area contributed by atoms with Gasteiger partial charge in [0.05, 0.1) is 40.4 Å². The van der Waals surface area contributed by atoms with Crippen LogP contribution in [0.5, 0.6) is 5.75 Å².